The molecule has 1 spiro atoms. The number of carbonyl (C=O) groups is 1. The average Bonchev–Trinajstić information content (AvgIpc) is 3.27. The van der Waals surface area contributed by atoms with E-state index in [2.05, 4.69) is 52.8 Å². The van der Waals surface area contributed by atoms with Crippen LogP contribution in [0.25, 0.3) is 0 Å². The first-order valence-electron chi connectivity index (χ1n) is 11.1. The molecule has 2 aromatic carbocycles. The van der Waals surface area contributed by atoms with Crippen molar-refractivity contribution in [3.05, 3.63) is 64.2 Å². The van der Waals surface area contributed by atoms with Gasteiger partial charge in [0.15, 0.2) is 5.78 Å². The van der Waals surface area contributed by atoms with Gasteiger partial charge in [-0.1, -0.05) is 41.9 Å². The Balaban J connectivity index is 1.50. The molecule has 1 aliphatic carbocycles. The van der Waals surface area contributed by atoms with Crippen molar-refractivity contribution in [3.8, 4) is 0 Å². The average molecular weight is 440 g/mol. The highest BCUT2D eigenvalue weighted by Crippen LogP contribution is 2.54. The topological polar surface area (TPSA) is 53.6 Å². The van der Waals surface area contributed by atoms with E-state index in [0.717, 1.165) is 36.8 Å². The molecule has 164 valence electrons. The molecule has 5 rings (SSSR count). The fourth-order valence-electron chi connectivity index (χ4n) is 5.93. The Kier molecular flexibility index (Phi) is 5.55. The molecule has 6 heteroatoms. The molecule has 2 aromatic rings. The summed E-state index contributed by atoms with van der Waals surface area (Å²) >= 11 is 6.26. The summed E-state index contributed by atoms with van der Waals surface area (Å²) in [7, 11) is 1.73. The molecule has 2 aliphatic heterocycles. The molecule has 4 atom stereocenters. The van der Waals surface area contributed by atoms with E-state index in [9.17, 15) is 4.79 Å². The zero-order valence-corrected chi connectivity index (χ0v) is 18.9. The highest BCUT2D eigenvalue weighted by atomic mass is 35.5. The number of hydrogen-bond acceptors (Lipinski definition) is 5. The lowest BCUT2D eigenvalue weighted by molar-refractivity contribution is -0.124. The normalized spacial score (nSPS) is 29.6. The number of nitrogens with zero attached hydrogens (tertiary/aromatic N) is 1. The minimum atomic E-state index is -0.253. The van der Waals surface area contributed by atoms with Gasteiger partial charge in [0.05, 0.1) is 19.1 Å². The third-order valence-electron chi connectivity index (χ3n) is 7.30. The van der Waals surface area contributed by atoms with Crippen molar-refractivity contribution in [2.24, 2.45) is 0 Å². The zero-order chi connectivity index (χ0) is 21.6. The third kappa shape index (κ3) is 3.58. The minimum Gasteiger partial charge on any atom is -0.384 e. The molecule has 0 radical (unpaired) electrons. The van der Waals surface area contributed by atoms with Gasteiger partial charge in [0.25, 0.3) is 0 Å². The van der Waals surface area contributed by atoms with E-state index in [0.29, 0.717) is 25.0 Å². The number of piperazine rings is 1. The molecule has 0 aromatic heterocycles. The van der Waals surface area contributed by atoms with Crippen LogP contribution in [0.4, 0.5) is 5.69 Å². The lowest BCUT2D eigenvalue weighted by atomic mass is 9.70. The molecule has 5 nitrogen and oxygen atoms in total. The smallest absolute Gasteiger partial charge is 0.155 e. The number of halogens is 1. The molecule has 3 aliphatic rings. The molecule has 2 unspecified atom stereocenters. The Morgan fingerprint density at radius 1 is 1.29 bits per heavy atom. The minimum absolute atomic E-state index is 0.160. The quantitative estimate of drug-likeness (QED) is 0.749. The van der Waals surface area contributed by atoms with Gasteiger partial charge in [-0.3, -0.25) is 9.69 Å². The van der Waals surface area contributed by atoms with Gasteiger partial charge < -0.3 is 15.4 Å². The molecule has 0 saturated carbocycles. The third-order valence-corrected chi connectivity index (χ3v) is 7.54. The van der Waals surface area contributed by atoms with Gasteiger partial charge in [-0.15, -0.1) is 0 Å². The van der Waals surface area contributed by atoms with Gasteiger partial charge in [0.1, 0.15) is 0 Å². The summed E-state index contributed by atoms with van der Waals surface area (Å²) in [5.41, 5.74) is 4.49. The van der Waals surface area contributed by atoms with E-state index in [4.69, 9.17) is 16.3 Å². The Morgan fingerprint density at radius 2 is 2.13 bits per heavy atom. The SMILES string of the molecule is COC[C@H]1CN[C@H](C)CN1CC(=O)C1c2ccccc2CC12CNc1cc(Cl)ccc12. The summed E-state index contributed by atoms with van der Waals surface area (Å²) in [4.78, 5) is 16.3. The zero-order valence-electron chi connectivity index (χ0n) is 18.2. The number of anilines is 1. The molecular weight excluding hydrogens is 410 g/mol. The second-order valence-corrected chi connectivity index (χ2v) is 9.76. The lowest BCUT2D eigenvalue weighted by Crippen LogP contribution is -2.58. The van der Waals surface area contributed by atoms with Crippen LogP contribution in [-0.4, -0.2) is 62.7 Å². The first kappa shape index (κ1) is 21.0. The number of fused-ring (bicyclic) bond motifs is 3. The monoisotopic (exact) mass is 439 g/mol. The number of hydrogen-bond donors (Lipinski definition) is 2. The van der Waals surface area contributed by atoms with Crippen LogP contribution in [0.15, 0.2) is 42.5 Å². The van der Waals surface area contributed by atoms with Crippen LogP contribution < -0.4 is 10.6 Å². The van der Waals surface area contributed by atoms with Crippen LogP contribution in [0.3, 0.4) is 0 Å². The van der Waals surface area contributed by atoms with Gasteiger partial charge >= 0.3 is 0 Å². The summed E-state index contributed by atoms with van der Waals surface area (Å²) in [5.74, 6) is 0.136. The predicted molar refractivity (Wildman–Crippen MR) is 124 cm³/mol. The molecular formula is C25H30ClN3O2. The summed E-state index contributed by atoms with van der Waals surface area (Å²) in [6, 6.07) is 15.1. The summed E-state index contributed by atoms with van der Waals surface area (Å²) in [6.07, 6.45) is 0.876. The van der Waals surface area contributed by atoms with Gasteiger partial charge in [-0.05, 0) is 42.2 Å². The summed E-state index contributed by atoms with van der Waals surface area (Å²) in [5, 5.41) is 7.79. The molecule has 1 saturated heterocycles. The Morgan fingerprint density at radius 3 is 2.97 bits per heavy atom. The Bertz CT molecular complexity index is 996. The van der Waals surface area contributed by atoms with E-state index in [-0.39, 0.29) is 17.4 Å². The number of benzene rings is 2. The first-order valence-corrected chi connectivity index (χ1v) is 11.5. The maximum absolute atomic E-state index is 14.0. The van der Waals surface area contributed by atoms with E-state index in [1.54, 1.807) is 7.11 Å². The number of Topliss-reactive ketones (excluding diaryl/α,β-unsaturated/α-hetero) is 1. The number of rotatable bonds is 5. The maximum Gasteiger partial charge on any atom is 0.155 e. The van der Waals surface area contributed by atoms with Gasteiger partial charge in [0.2, 0.25) is 0 Å². The van der Waals surface area contributed by atoms with Crippen LogP contribution in [0.1, 0.15) is 29.5 Å². The number of methoxy groups -OCH3 is 1. The molecule has 0 amide bonds. The van der Waals surface area contributed by atoms with Crippen molar-refractivity contribution in [1.29, 1.82) is 0 Å². The van der Waals surface area contributed by atoms with E-state index in [1.165, 1.54) is 16.7 Å². The van der Waals surface area contributed by atoms with Gasteiger partial charge in [-0.2, -0.15) is 0 Å². The highest BCUT2D eigenvalue weighted by Gasteiger charge is 2.53. The molecule has 1 fully saturated rings. The van der Waals surface area contributed by atoms with Crippen molar-refractivity contribution in [3.63, 3.8) is 0 Å². The number of ether oxygens (including phenoxy) is 1. The Hall–Kier alpha value is -1.92. The number of ketones is 1. The summed E-state index contributed by atoms with van der Waals surface area (Å²) < 4.78 is 5.45. The van der Waals surface area contributed by atoms with E-state index < -0.39 is 0 Å². The van der Waals surface area contributed by atoms with Crippen molar-refractivity contribution in [2.45, 2.75) is 36.8 Å². The second kappa shape index (κ2) is 8.21. The Labute approximate surface area is 189 Å². The van der Waals surface area contributed by atoms with Crippen LogP contribution in [0.2, 0.25) is 5.02 Å². The molecule has 2 heterocycles. The summed E-state index contributed by atoms with van der Waals surface area (Å²) in [6.45, 7) is 5.70. The number of nitrogens with one attached hydrogen (secondary N) is 2. The van der Waals surface area contributed by atoms with Crippen LogP contribution in [-0.2, 0) is 21.4 Å². The standard InChI is InChI=1S/C25H30ClN3O2/c1-16-12-29(19(11-27-16)14-31-2)13-23(30)24-20-6-4-3-5-17(20)10-25(24)15-28-22-9-18(26)7-8-21(22)25/h3-9,16,19,24,27-28H,10-15H2,1-2H3/t16-,19-,24?,25?/m1/s1. The number of carbonyl (C=O) groups excluding carboxylic acids is 1. The van der Waals surface area contributed by atoms with Crippen LogP contribution in [0.5, 0.6) is 0 Å². The lowest BCUT2D eigenvalue weighted by Gasteiger charge is -2.40. The molecule has 31 heavy (non-hydrogen) atoms. The van der Waals surface area contributed by atoms with Crippen molar-refractivity contribution >= 4 is 23.1 Å². The van der Waals surface area contributed by atoms with Crippen LogP contribution in [0, 0.1) is 0 Å². The second-order valence-electron chi connectivity index (χ2n) is 9.32. The van der Waals surface area contributed by atoms with Crippen molar-refractivity contribution in [1.82, 2.24) is 10.2 Å². The van der Waals surface area contributed by atoms with Crippen molar-refractivity contribution in [2.75, 3.05) is 45.2 Å². The van der Waals surface area contributed by atoms with Gasteiger partial charge in [0, 0.05) is 55.0 Å². The van der Waals surface area contributed by atoms with Crippen molar-refractivity contribution < 1.29 is 9.53 Å². The predicted octanol–water partition coefficient (Wildman–Crippen LogP) is 3.22. The fourth-order valence-corrected chi connectivity index (χ4v) is 6.10. The largest absolute Gasteiger partial charge is 0.384 e. The first-order chi connectivity index (χ1) is 15.0. The van der Waals surface area contributed by atoms with Crippen LogP contribution >= 0.6 is 11.6 Å². The van der Waals surface area contributed by atoms with E-state index in [1.807, 2.05) is 12.1 Å². The highest BCUT2D eigenvalue weighted by molar-refractivity contribution is 6.30. The molecule has 2 N–H and O–H groups in total. The maximum atomic E-state index is 14.0. The molecule has 0 bridgehead atoms. The van der Waals surface area contributed by atoms with E-state index >= 15 is 0 Å². The van der Waals surface area contributed by atoms with Gasteiger partial charge in [-0.25, -0.2) is 0 Å². The fraction of sp³-hybridized carbons (Fsp3) is 0.480.